The van der Waals surface area contributed by atoms with E-state index in [1.165, 1.54) is 19.2 Å². The van der Waals surface area contributed by atoms with Crippen LogP contribution in [0.3, 0.4) is 0 Å². The molecule has 12 heteroatoms. The lowest BCUT2D eigenvalue weighted by atomic mass is 10.0. The number of cyclic esters (lactones) is 1. The first-order valence-corrected chi connectivity index (χ1v) is 11.2. The zero-order valence-corrected chi connectivity index (χ0v) is 19.8. The van der Waals surface area contributed by atoms with Crippen molar-refractivity contribution in [1.82, 2.24) is 9.99 Å². The lowest BCUT2D eigenvalue weighted by Gasteiger charge is -2.29. The molecule has 0 spiro atoms. The predicted octanol–water partition coefficient (Wildman–Crippen LogP) is 5.31. The summed E-state index contributed by atoms with van der Waals surface area (Å²) in [4.78, 5) is 27.6. The predicted molar refractivity (Wildman–Crippen MR) is 128 cm³/mol. The van der Waals surface area contributed by atoms with Crippen LogP contribution in [0.2, 0.25) is 0 Å². The maximum Gasteiger partial charge on any atom is 0.573 e. The molecule has 1 aliphatic rings. The number of nitrogens with zero attached hydrogens (tertiary/aromatic N) is 2. The number of hydrazone groups is 1. The van der Waals surface area contributed by atoms with E-state index in [4.69, 9.17) is 9.47 Å². The molecular formula is C25H23F3N4O5. The number of carbonyl (C=O) groups excluding carboxylic acids is 2. The molecule has 194 valence electrons. The molecule has 1 unspecified atom stereocenters. The fraction of sp³-hybridized carbons (Fsp3) is 0.240. The fourth-order valence-electron chi connectivity index (χ4n) is 3.67. The van der Waals surface area contributed by atoms with Crippen molar-refractivity contribution in [2.24, 2.45) is 5.10 Å². The number of amides is 2. The zero-order valence-electron chi connectivity index (χ0n) is 19.8. The monoisotopic (exact) mass is 516 g/mol. The Morgan fingerprint density at radius 2 is 1.92 bits per heavy atom. The molecule has 2 heterocycles. The third kappa shape index (κ3) is 6.21. The average Bonchev–Trinajstić information content (AvgIpc) is 3.40. The summed E-state index contributed by atoms with van der Waals surface area (Å²) >= 11 is 0. The Labute approximate surface area is 209 Å². The molecule has 37 heavy (non-hydrogen) atoms. The minimum absolute atomic E-state index is 0.0334. The molecule has 0 fully saturated rings. The van der Waals surface area contributed by atoms with Gasteiger partial charge in [0.1, 0.15) is 17.5 Å². The van der Waals surface area contributed by atoms with Gasteiger partial charge in [-0.2, -0.15) is 10.1 Å². The molecule has 2 amide bonds. The molecule has 2 aromatic carbocycles. The third-order valence-corrected chi connectivity index (χ3v) is 5.43. The number of alkyl halides is 3. The minimum Gasteiger partial charge on any atom is -0.493 e. The van der Waals surface area contributed by atoms with Crippen molar-refractivity contribution in [1.29, 1.82) is 0 Å². The van der Waals surface area contributed by atoms with Crippen LogP contribution in [0.1, 0.15) is 35.0 Å². The number of hydrogen-bond acceptors (Lipinski definition) is 6. The number of rotatable bonds is 8. The highest BCUT2D eigenvalue weighted by Crippen LogP contribution is 2.34. The second kappa shape index (κ2) is 10.6. The second-order valence-electron chi connectivity index (χ2n) is 7.97. The number of aromatic amines is 1. The fourth-order valence-corrected chi connectivity index (χ4v) is 3.67. The molecular weight excluding hydrogens is 493 g/mol. The van der Waals surface area contributed by atoms with Gasteiger partial charge < -0.3 is 24.5 Å². The van der Waals surface area contributed by atoms with E-state index in [0.29, 0.717) is 23.4 Å². The van der Waals surface area contributed by atoms with E-state index in [9.17, 15) is 22.8 Å². The molecule has 3 aromatic rings. The molecule has 0 radical (unpaired) electrons. The zero-order chi connectivity index (χ0) is 26.6. The Morgan fingerprint density at radius 1 is 1.16 bits per heavy atom. The molecule has 1 aromatic heterocycles. The first kappa shape index (κ1) is 25.6. The smallest absolute Gasteiger partial charge is 0.493 e. The van der Waals surface area contributed by atoms with Crippen molar-refractivity contribution in [2.45, 2.75) is 32.4 Å². The number of methoxy groups -OCH3 is 1. The summed E-state index contributed by atoms with van der Waals surface area (Å²) in [5, 5.41) is 8.24. The number of carbonyl (C=O) groups is 2. The van der Waals surface area contributed by atoms with Crippen LogP contribution in [0.25, 0.3) is 0 Å². The molecule has 0 saturated heterocycles. The highest BCUT2D eigenvalue weighted by molar-refractivity contribution is 6.06. The van der Waals surface area contributed by atoms with Crippen LogP contribution in [0, 0.1) is 0 Å². The van der Waals surface area contributed by atoms with Crippen molar-refractivity contribution in [2.75, 3.05) is 12.4 Å². The Balaban J connectivity index is 1.55. The van der Waals surface area contributed by atoms with Crippen LogP contribution < -0.4 is 14.8 Å². The van der Waals surface area contributed by atoms with Crippen LogP contribution in [0.5, 0.6) is 11.5 Å². The lowest BCUT2D eigenvalue weighted by molar-refractivity contribution is -0.275. The van der Waals surface area contributed by atoms with Gasteiger partial charge in [-0.3, -0.25) is 4.79 Å². The Kier molecular flexibility index (Phi) is 7.37. The standard InChI is InChI=1S/C25H23F3N4O5/c1-3-19-22(16-8-11-20(35-2)21(13-16)37-25(26,27)28)31-32(24(34)36-19)14-15-6-9-17(10-7-15)30-23(33)18-5-4-12-29-18/h4-13,19,29H,3,14H2,1-2H3,(H,30,33). The van der Waals surface area contributed by atoms with Gasteiger partial charge in [-0.15, -0.1) is 13.2 Å². The van der Waals surface area contributed by atoms with E-state index in [2.05, 4.69) is 20.1 Å². The number of aromatic nitrogens is 1. The second-order valence-corrected chi connectivity index (χ2v) is 7.97. The van der Waals surface area contributed by atoms with Crippen LogP contribution >= 0.6 is 0 Å². The van der Waals surface area contributed by atoms with Crippen molar-refractivity contribution >= 4 is 23.4 Å². The molecule has 0 saturated carbocycles. The largest absolute Gasteiger partial charge is 0.573 e. The van der Waals surface area contributed by atoms with Crippen LogP contribution in [0.15, 0.2) is 65.9 Å². The summed E-state index contributed by atoms with van der Waals surface area (Å²) in [7, 11) is 1.23. The minimum atomic E-state index is -4.92. The molecule has 9 nitrogen and oxygen atoms in total. The number of hydrogen-bond donors (Lipinski definition) is 2. The van der Waals surface area contributed by atoms with Crippen LogP contribution in [-0.4, -0.2) is 47.3 Å². The number of ether oxygens (including phenoxy) is 3. The van der Waals surface area contributed by atoms with Crippen molar-refractivity contribution in [3.05, 3.63) is 77.6 Å². The molecule has 2 N–H and O–H groups in total. The lowest BCUT2D eigenvalue weighted by Crippen LogP contribution is -2.41. The Bertz CT molecular complexity index is 1290. The van der Waals surface area contributed by atoms with Crippen LogP contribution in [-0.2, 0) is 11.3 Å². The highest BCUT2D eigenvalue weighted by Gasteiger charge is 2.34. The number of anilines is 1. The van der Waals surface area contributed by atoms with Gasteiger partial charge >= 0.3 is 12.5 Å². The van der Waals surface area contributed by atoms with Crippen molar-refractivity contribution in [3.63, 3.8) is 0 Å². The number of benzene rings is 2. The summed E-state index contributed by atoms with van der Waals surface area (Å²) in [5.41, 5.74) is 2.20. The Hall–Kier alpha value is -4.48. The van der Waals surface area contributed by atoms with Gasteiger partial charge in [0.2, 0.25) is 0 Å². The summed E-state index contributed by atoms with van der Waals surface area (Å²) in [6, 6.07) is 14.1. The van der Waals surface area contributed by atoms with E-state index in [0.717, 1.165) is 11.1 Å². The SMILES string of the molecule is CCC1OC(=O)N(Cc2ccc(NC(=O)c3ccc[nH]3)cc2)N=C1c1ccc(OC)c(OC(F)(F)F)c1. The summed E-state index contributed by atoms with van der Waals surface area (Å²) in [6.07, 6.45) is -4.38. The highest BCUT2D eigenvalue weighted by atomic mass is 19.4. The van der Waals surface area contributed by atoms with Crippen LogP contribution in [0.4, 0.5) is 23.7 Å². The maximum atomic E-state index is 12.9. The number of nitrogens with one attached hydrogen (secondary N) is 2. The molecule has 0 aliphatic carbocycles. The van der Waals surface area contributed by atoms with Gasteiger partial charge in [-0.25, -0.2) is 4.79 Å². The maximum absolute atomic E-state index is 12.9. The van der Waals surface area contributed by atoms with Crippen molar-refractivity contribution < 1.29 is 37.0 Å². The number of halogens is 3. The van der Waals surface area contributed by atoms with Gasteiger partial charge in [-0.05, 0) is 54.4 Å². The Morgan fingerprint density at radius 3 is 2.54 bits per heavy atom. The topological polar surface area (TPSA) is 105 Å². The molecule has 1 atom stereocenters. The molecule has 0 bridgehead atoms. The summed E-state index contributed by atoms with van der Waals surface area (Å²) in [6.45, 7) is 1.80. The van der Waals surface area contributed by atoms with Gasteiger partial charge in [0, 0.05) is 17.4 Å². The van der Waals surface area contributed by atoms with Gasteiger partial charge in [0.25, 0.3) is 5.91 Å². The molecule has 1 aliphatic heterocycles. The summed E-state index contributed by atoms with van der Waals surface area (Å²) < 4.78 is 53.2. The third-order valence-electron chi connectivity index (χ3n) is 5.43. The average molecular weight is 516 g/mol. The van der Waals surface area contributed by atoms with Gasteiger partial charge in [0.05, 0.1) is 13.7 Å². The van der Waals surface area contributed by atoms with Gasteiger partial charge in [0.15, 0.2) is 11.5 Å². The number of H-pyrrole nitrogens is 1. The van der Waals surface area contributed by atoms with E-state index in [1.54, 1.807) is 49.5 Å². The quantitative estimate of drug-likeness (QED) is 0.422. The molecule has 4 rings (SSSR count). The van der Waals surface area contributed by atoms with Crippen molar-refractivity contribution in [3.8, 4) is 11.5 Å². The van der Waals surface area contributed by atoms with E-state index in [-0.39, 0.29) is 29.5 Å². The van der Waals surface area contributed by atoms with E-state index >= 15 is 0 Å². The first-order valence-electron chi connectivity index (χ1n) is 11.2. The summed E-state index contributed by atoms with van der Waals surface area (Å²) in [5.74, 6) is -0.945. The van der Waals surface area contributed by atoms with E-state index in [1.807, 2.05) is 0 Å². The van der Waals surface area contributed by atoms with E-state index < -0.39 is 24.3 Å². The first-order chi connectivity index (χ1) is 17.7. The van der Waals surface area contributed by atoms with Gasteiger partial charge in [-0.1, -0.05) is 19.1 Å². The normalized spacial score (nSPS) is 15.6.